The van der Waals surface area contributed by atoms with Crippen molar-refractivity contribution in [1.29, 1.82) is 0 Å². The minimum absolute atomic E-state index is 0.00128. The van der Waals surface area contributed by atoms with Crippen LogP contribution < -0.4 is 0 Å². The molecule has 2 aromatic heterocycles. The van der Waals surface area contributed by atoms with Crippen LogP contribution in [-0.4, -0.2) is 35.5 Å². The van der Waals surface area contributed by atoms with Crippen LogP contribution in [0.15, 0.2) is 48.5 Å². The Morgan fingerprint density at radius 2 is 1.79 bits per heavy atom. The molecule has 0 unspecified atom stereocenters. The first-order chi connectivity index (χ1) is 14.2. The fraction of sp³-hybridized carbons (Fsp3) is 0.273. The van der Waals surface area contributed by atoms with Gasteiger partial charge in [0.1, 0.15) is 0 Å². The van der Waals surface area contributed by atoms with E-state index in [0.717, 1.165) is 52.9 Å². The summed E-state index contributed by atoms with van der Waals surface area (Å²) in [5.74, 6) is 0.580. The molecule has 4 aromatic rings. The van der Waals surface area contributed by atoms with Gasteiger partial charge in [-0.05, 0) is 28.3 Å². The Kier molecular flexibility index (Phi) is 5.48. The number of nitrogens with zero attached hydrogens (tertiary/aromatic N) is 5. The predicted octanol–water partition coefficient (Wildman–Crippen LogP) is 3.30. The van der Waals surface area contributed by atoms with E-state index in [9.17, 15) is 5.11 Å². The number of aliphatic hydroxyl groups excluding tert-OH is 1. The third-order valence-corrected chi connectivity index (χ3v) is 5.15. The molecule has 0 atom stereocenters. The first-order valence-corrected chi connectivity index (χ1v) is 9.78. The Hall–Kier alpha value is -3.32. The van der Waals surface area contributed by atoms with Crippen LogP contribution in [0.5, 0.6) is 0 Å². The maximum Gasteiger partial charge on any atom is 0.205 e. The van der Waals surface area contributed by atoms with Crippen LogP contribution >= 0.6 is 0 Å². The summed E-state index contributed by atoms with van der Waals surface area (Å²) < 4.78 is 1.80. The van der Waals surface area contributed by atoms with Crippen molar-refractivity contribution in [2.24, 2.45) is 7.05 Å². The van der Waals surface area contributed by atoms with E-state index in [1.54, 1.807) is 4.68 Å². The van der Waals surface area contributed by atoms with Gasteiger partial charge in [-0.25, -0.2) is 0 Å². The number of rotatable bonds is 7. The van der Waals surface area contributed by atoms with Crippen molar-refractivity contribution in [2.45, 2.75) is 32.8 Å². The van der Waals surface area contributed by atoms with Crippen LogP contribution in [0.1, 0.15) is 35.9 Å². The Morgan fingerprint density at radius 1 is 1.03 bits per heavy atom. The summed E-state index contributed by atoms with van der Waals surface area (Å²) in [5, 5.41) is 28.8. The summed E-state index contributed by atoms with van der Waals surface area (Å²) in [6.45, 7) is 2.14. The zero-order valence-electron chi connectivity index (χ0n) is 16.6. The number of hydrogen-bond donors (Lipinski definition) is 2. The molecule has 2 heterocycles. The van der Waals surface area contributed by atoms with Gasteiger partial charge >= 0.3 is 0 Å². The highest BCUT2D eigenvalue weighted by molar-refractivity contribution is 5.80. The van der Waals surface area contributed by atoms with Gasteiger partial charge in [-0.2, -0.15) is 10.3 Å². The lowest BCUT2D eigenvalue weighted by Gasteiger charge is -2.09. The van der Waals surface area contributed by atoms with Gasteiger partial charge in [-0.3, -0.25) is 4.68 Å². The van der Waals surface area contributed by atoms with Gasteiger partial charge in [0.2, 0.25) is 5.82 Å². The first kappa shape index (κ1) is 19.0. The Bertz CT molecular complexity index is 1080. The zero-order valence-corrected chi connectivity index (χ0v) is 16.6. The van der Waals surface area contributed by atoms with Gasteiger partial charge in [0.05, 0.1) is 18.0 Å². The van der Waals surface area contributed by atoms with Gasteiger partial charge in [-0.15, -0.1) is 10.2 Å². The van der Waals surface area contributed by atoms with Crippen molar-refractivity contribution >= 4 is 0 Å². The molecule has 4 rings (SSSR count). The zero-order chi connectivity index (χ0) is 20.2. The maximum atomic E-state index is 9.79. The number of aromatic nitrogens is 6. The van der Waals surface area contributed by atoms with Crippen LogP contribution in [0.25, 0.3) is 22.5 Å². The lowest BCUT2D eigenvalue weighted by Crippen LogP contribution is -2.01. The minimum atomic E-state index is -0.00128. The van der Waals surface area contributed by atoms with E-state index in [-0.39, 0.29) is 6.61 Å². The van der Waals surface area contributed by atoms with Crippen molar-refractivity contribution in [3.8, 4) is 22.5 Å². The van der Waals surface area contributed by atoms with Crippen LogP contribution in [0.4, 0.5) is 0 Å². The van der Waals surface area contributed by atoms with E-state index in [1.807, 2.05) is 25.2 Å². The van der Waals surface area contributed by atoms with Crippen molar-refractivity contribution in [3.63, 3.8) is 0 Å². The molecule has 29 heavy (non-hydrogen) atoms. The van der Waals surface area contributed by atoms with Gasteiger partial charge < -0.3 is 5.11 Å². The number of aromatic amines is 1. The molecular formula is C22H24N6O. The maximum absolute atomic E-state index is 9.79. The summed E-state index contributed by atoms with van der Waals surface area (Å²) in [6.07, 6.45) is 2.70. The topological polar surface area (TPSA) is 92.5 Å². The largest absolute Gasteiger partial charge is 0.390 e. The van der Waals surface area contributed by atoms with E-state index in [4.69, 9.17) is 0 Å². The molecule has 0 fully saturated rings. The third kappa shape index (κ3) is 3.82. The SMILES string of the molecule is CCCc1nn(C)c(CO)c1Cc1ccc(-c2ccccc2-c2nn[nH]n2)cc1. The molecule has 148 valence electrons. The third-order valence-electron chi connectivity index (χ3n) is 5.15. The Balaban J connectivity index is 1.64. The second-order valence-electron chi connectivity index (χ2n) is 7.06. The number of aliphatic hydroxyl groups is 1. The molecule has 0 aliphatic heterocycles. The summed E-state index contributed by atoms with van der Waals surface area (Å²) in [6, 6.07) is 16.5. The lowest BCUT2D eigenvalue weighted by molar-refractivity contribution is 0.269. The number of tetrazole rings is 1. The number of benzene rings is 2. The highest BCUT2D eigenvalue weighted by Gasteiger charge is 2.16. The van der Waals surface area contributed by atoms with E-state index >= 15 is 0 Å². The molecule has 0 saturated carbocycles. The summed E-state index contributed by atoms with van der Waals surface area (Å²) >= 11 is 0. The van der Waals surface area contributed by atoms with Crippen molar-refractivity contribution < 1.29 is 5.11 Å². The van der Waals surface area contributed by atoms with E-state index in [0.29, 0.717) is 5.82 Å². The minimum Gasteiger partial charge on any atom is -0.390 e. The fourth-order valence-corrected chi connectivity index (χ4v) is 3.72. The predicted molar refractivity (Wildman–Crippen MR) is 111 cm³/mol. The van der Waals surface area contributed by atoms with Crippen LogP contribution in [0.3, 0.4) is 0 Å². The van der Waals surface area contributed by atoms with Crippen molar-refractivity contribution in [3.05, 3.63) is 71.0 Å². The first-order valence-electron chi connectivity index (χ1n) is 9.78. The molecule has 0 spiro atoms. The highest BCUT2D eigenvalue weighted by Crippen LogP contribution is 2.30. The van der Waals surface area contributed by atoms with Gasteiger partial charge in [0.15, 0.2) is 0 Å². The summed E-state index contributed by atoms with van der Waals surface area (Å²) in [5.41, 5.74) is 7.38. The number of H-pyrrole nitrogens is 1. The molecule has 2 N–H and O–H groups in total. The second-order valence-corrected chi connectivity index (χ2v) is 7.06. The molecule has 0 aliphatic carbocycles. The average Bonchev–Trinajstić information content (AvgIpc) is 3.37. The molecule has 7 nitrogen and oxygen atoms in total. The van der Waals surface area contributed by atoms with E-state index in [2.05, 4.69) is 63.0 Å². The molecule has 0 amide bonds. The van der Waals surface area contributed by atoms with Crippen LogP contribution in [0.2, 0.25) is 0 Å². The van der Waals surface area contributed by atoms with Gasteiger partial charge in [0, 0.05) is 24.6 Å². The van der Waals surface area contributed by atoms with Crippen molar-refractivity contribution in [1.82, 2.24) is 30.4 Å². The van der Waals surface area contributed by atoms with Gasteiger partial charge in [-0.1, -0.05) is 61.9 Å². The van der Waals surface area contributed by atoms with E-state index in [1.165, 1.54) is 5.56 Å². The average molecular weight is 388 g/mol. The molecule has 2 aromatic carbocycles. The summed E-state index contributed by atoms with van der Waals surface area (Å²) in [7, 11) is 1.90. The molecule has 0 radical (unpaired) electrons. The molecule has 0 saturated heterocycles. The monoisotopic (exact) mass is 388 g/mol. The fourth-order valence-electron chi connectivity index (χ4n) is 3.72. The highest BCUT2D eigenvalue weighted by atomic mass is 16.3. The van der Waals surface area contributed by atoms with Crippen LogP contribution in [-0.2, 0) is 26.5 Å². The number of aryl methyl sites for hydroxylation is 2. The quantitative estimate of drug-likeness (QED) is 0.507. The van der Waals surface area contributed by atoms with Crippen molar-refractivity contribution in [2.75, 3.05) is 0 Å². The molecule has 0 aliphatic rings. The summed E-state index contributed by atoms with van der Waals surface area (Å²) in [4.78, 5) is 0. The van der Waals surface area contributed by atoms with E-state index < -0.39 is 0 Å². The lowest BCUT2D eigenvalue weighted by atomic mass is 9.96. The van der Waals surface area contributed by atoms with Gasteiger partial charge in [0.25, 0.3) is 0 Å². The second kappa shape index (κ2) is 8.36. The van der Waals surface area contributed by atoms with Crippen LogP contribution in [0, 0.1) is 0 Å². The smallest absolute Gasteiger partial charge is 0.205 e. The number of nitrogens with one attached hydrogen (secondary N) is 1. The molecule has 7 heteroatoms. The molecule has 0 bridgehead atoms. The molecular weight excluding hydrogens is 364 g/mol. The standard InChI is InChI=1S/C22H24N6O/c1-3-6-20-19(21(14-29)28(2)25-20)13-15-9-11-16(12-10-15)17-7-4-5-8-18(17)22-23-26-27-24-22/h4-5,7-12,29H,3,6,13-14H2,1-2H3,(H,23,24,26,27). The Morgan fingerprint density at radius 3 is 2.45 bits per heavy atom. The normalized spacial score (nSPS) is 11.1. The number of hydrogen-bond acceptors (Lipinski definition) is 5. The Labute approximate surface area is 169 Å².